The van der Waals surface area contributed by atoms with Crippen molar-refractivity contribution in [2.75, 3.05) is 31.1 Å². The van der Waals surface area contributed by atoms with Crippen LogP contribution in [0.25, 0.3) is 16.6 Å². The smallest absolute Gasteiger partial charge is 0.0901 e. The maximum absolute atomic E-state index is 4.54. The van der Waals surface area contributed by atoms with Gasteiger partial charge in [0.1, 0.15) is 0 Å². The summed E-state index contributed by atoms with van der Waals surface area (Å²) in [6, 6.07) is 15.6. The van der Waals surface area contributed by atoms with Gasteiger partial charge in [-0.1, -0.05) is 30.3 Å². The molecule has 0 amide bonds. The van der Waals surface area contributed by atoms with Crippen LogP contribution < -0.4 is 4.90 Å². The lowest BCUT2D eigenvalue weighted by molar-refractivity contribution is 0.209. The van der Waals surface area contributed by atoms with Gasteiger partial charge in [-0.2, -0.15) is 5.10 Å². The van der Waals surface area contributed by atoms with Gasteiger partial charge in [-0.15, -0.1) is 0 Å². The quantitative estimate of drug-likeness (QED) is 0.738. The van der Waals surface area contributed by atoms with Crippen molar-refractivity contribution in [1.29, 1.82) is 0 Å². The van der Waals surface area contributed by atoms with E-state index in [0.29, 0.717) is 6.04 Å². The van der Waals surface area contributed by atoms with Crippen LogP contribution in [0.1, 0.15) is 13.8 Å². The zero-order valence-electron chi connectivity index (χ0n) is 14.4. The van der Waals surface area contributed by atoms with Crippen LogP contribution in [-0.4, -0.2) is 46.7 Å². The molecular weight excluding hydrogens is 296 g/mol. The second-order valence-corrected chi connectivity index (χ2v) is 6.76. The predicted octanol–water partition coefficient (Wildman–Crippen LogP) is 3.53. The van der Waals surface area contributed by atoms with Gasteiger partial charge < -0.3 is 4.90 Å². The van der Waals surface area contributed by atoms with Crippen LogP contribution >= 0.6 is 0 Å². The van der Waals surface area contributed by atoms with Gasteiger partial charge in [-0.25, -0.2) is 4.52 Å². The predicted molar refractivity (Wildman–Crippen MR) is 99.6 cm³/mol. The molecule has 0 saturated carbocycles. The summed E-state index contributed by atoms with van der Waals surface area (Å²) >= 11 is 0. The zero-order chi connectivity index (χ0) is 16.5. The molecule has 0 unspecified atom stereocenters. The first-order valence-corrected chi connectivity index (χ1v) is 8.74. The molecule has 0 aliphatic carbocycles. The molecule has 1 saturated heterocycles. The molecule has 0 spiro atoms. The summed E-state index contributed by atoms with van der Waals surface area (Å²) in [5.74, 6) is 0. The minimum absolute atomic E-state index is 0.626. The van der Waals surface area contributed by atoms with E-state index in [1.807, 2.05) is 10.7 Å². The molecule has 1 aliphatic heterocycles. The van der Waals surface area contributed by atoms with E-state index in [2.05, 4.69) is 77.4 Å². The van der Waals surface area contributed by atoms with Crippen molar-refractivity contribution in [3.05, 3.63) is 54.9 Å². The number of rotatable bonds is 3. The molecule has 4 nitrogen and oxygen atoms in total. The van der Waals surface area contributed by atoms with Crippen LogP contribution in [0.3, 0.4) is 0 Å². The highest BCUT2D eigenvalue weighted by Crippen LogP contribution is 2.27. The summed E-state index contributed by atoms with van der Waals surface area (Å²) in [7, 11) is 0. The Kier molecular flexibility index (Phi) is 3.98. The topological polar surface area (TPSA) is 23.8 Å². The van der Waals surface area contributed by atoms with E-state index in [4.69, 9.17) is 0 Å². The summed E-state index contributed by atoms with van der Waals surface area (Å²) in [4.78, 5) is 5.01. The van der Waals surface area contributed by atoms with Gasteiger partial charge in [0, 0.05) is 38.4 Å². The maximum Gasteiger partial charge on any atom is 0.0901 e. The van der Waals surface area contributed by atoms with E-state index in [9.17, 15) is 0 Å². The van der Waals surface area contributed by atoms with Crippen molar-refractivity contribution >= 4 is 11.2 Å². The molecule has 3 aromatic rings. The molecule has 1 fully saturated rings. The van der Waals surface area contributed by atoms with Gasteiger partial charge in [-0.3, -0.25) is 4.90 Å². The molecule has 0 N–H and O–H groups in total. The summed E-state index contributed by atoms with van der Waals surface area (Å²) in [6.07, 6.45) is 4.07. The molecule has 0 atom stereocenters. The Morgan fingerprint density at radius 3 is 2.38 bits per heavy atom. The van der Waals surface area contributed by atoms with Crippen molar-refractivity contribution in [2.24, 2.45) is 0 Å². The normalized spacial score (nSPS) is 16.2. The lowest BCUT2D eigenvalue weighted by atomic mass is 10.1. The average Bonchev–Trinajstić information content (AvgIpc) is 3.05. The van der Waals surface area contributed by atoms with Gasteiger partial charge in [0.15, 0.2) is 0 Å². The Bertz CT molecular complexity index is 814. The standard InChI is InChI=1S/C20H24N4/c1-16(2)22-10-12-23(13-11-22)20-15-21-24-9-8-18(14-19(20)24)17-6-4-3-5-7-17/h3-9,14-16H,10-13H2,1-2H3. The van der Waals surface area contributed by atoms with Gasteiger partial charge in [-0.05, 0) is 37.1 Å². The van der Waals surface area contributed by atoms with Crippen LogP contribution in [0.4, 0.5) is 5.69 Å². The molecule has 124 valence electrons. The number of fused-ring (bicyclic) bond motifs is 1. The summed E-state index contributed by atoms with van der Waals surface area (Å²) in [6.45, 7) is 8.92. The molecule has 4 rings (SSSR count). The molecule has 1 aliphatic rings. The van der Waals surface area contributed by atoms with Crippen LogP contribution in [0.2, 0.25) is 0 Å². The van der Waals surface area contributed by atoms with E-state index in [-0.39, 0.29) is 0 Å². The number of benzene rings is 1. The highest BCUT2D eigenvalue weighted by Gasteiger charge is 2.21. The van der Waals surface area contributed by atoms with E-state index < -0.39 is 0 Å². The lowest BCUT2D eigenvalue weighted by Gasteiger charge is -2.37. The number of aromatic nitrogens is 2. The highest BCUT2D eigenvalue weighted by molar-refractivity contribution is 5.78. The molecule has 2 aromatic heterocycles. The fraction of sp³-hybridized carbons (Fsp3) is 0.350. The van der Waals surface area contributed by atoms with E-state index >= 15 is 0 Å². The number of hydrogen-bond donors (Lipinski definition) is 0. The van der Waals surface area contributed by atoms with Crippen molar-refractivity contribution in [3.63, 3.8) is 0 Å². The summed E-state index contributed by atoms with van der Waals surface area (Å²) in [5.41, 5.74) is 4.92. The van der Waals surface area contributed by atoms with E-state index in [0.717, 1.165) is 26.2 Å². The first-order chi connectivity index (χ1) is 11.7. The number of nitrogens with zero attached hydrogens (tertiary/aromatic N) is 4. The third kappa shape index (κ3) is 2.78. The van der Waals surface area contributed by atoms with Crippen LogP contribution in [-0.2, 0) is 0 Å². The number of piperazine rings is 1. The van der Waals surface area contributed by atoms with Gasteiger partial charge in [0.05, 0.1) is 17.4 Å². The number of hydrogen-bond acceptors (Lipinski definition) is 3. The molecule has 3 heterocycles. The van der Waals surface area contributed by atoms with E-state index in [1.54, 1.807) is 0 Å². The fourth-order valence-corrected chi connectivity index (χ4v) is 3.50. The minimum atomic E-state index is 0.626. The first-order valence-electron chi connectivity index (χ1n) is 8.74. The Morgan fingerprint density at radius 2 is 1.67 bits per heavy atom. The highest BCUT2D eigenvalue weighted by atomic mass is 15.3. The fourth-order valence-electron chi connectivity index (χ4n) is 3.50. The third-order valence-corrected chi connectivity index (χ3v) is 4.99. The van der Waals surface area contributed by atoms with Gasteiger partial charge in [0.2, 0.25) is 0 Å². The Labute approximate surface area is 143 Å². The Morgan fingerprint density at radius 1 is 0.917 bits per heavy atom. The van der Waals surface area contributed by atoms with Crippen LogP contribution in [0, 0.1) is 0 Å². The SMILES string of the molecule is CC(C)N1CCN(c2cnn3ccc(-c4ccccc4)cc23)CC1. The molecule has 1 aromatic carbocycles. The van der Waals surface area contributed by atoms with Crippen molar-refractivity contribution in [1.82, 2.24) is 14.5 Å². The van der Waals surface area contributed by atoms with Gasteiger partial charge >= 0.3 is 0 Å². The summed E-state index contributed by atoms with van der Waals surface area (Å²) in [5, 5.41) is 4.54. The Hall–Kier alpha value is -2.33. The molecule has 4 heteroatoms. The largest absolute Gasteiger partial charge is 0.366 e. The van der Waals surface area contributed by atoms with Crippen molar-refractivity contribution < 1.29 is 0 Å². The molecular formula is C20H24N4. The second-order valence-electron chi connectivity index (χ2n) is 6.76. The third-order valence-electron chi connectivity index (χ3n) is 4.99. The average molecular weight is 320 g/mol. The second kappa shape index (κ2) is 6.29. The lowest BCUT2D eigenvalue weighted by Crippen LogP contribution is -2.48. The van der Waals surface area contributed by atoms with Crippen molar-refractivity contribution in [2.45, 2.75) is 19.9 Å². The zero-order valence-corrected chi connectivity index (χ0v) is 14.4. The summed E-state index contributed by atoms with van der Waals surface area (Å²) < 4.78 is 1.98. The van der Waals surface area contributed by atoms with Gasteiger partial charge in [0.25, 0.3) is 0 Å². The molecule has 24 heavy (non-hydrogen) atoms. The monoisotopic (exact) mass is 320 g/mol. The number of pyridine rings is 1. The molecule has 0 radical (unpaired) electrons. The minimum Gasteiger partial charge on any atom is -0.366 e. The van der Waals surface area contributed by atoms with Crippen molar-refractivity contribution in [3.8, 4) is 11.1 Å². The van der Waals surface area contributed by atoms with Crippen LogP contribution in [0.5, 0.6) is 0 Å². The molecule has 0 bridgehead atoms. The Balaban J connectivity index is 1.65. The number of anilines is 1. The van der Waals surface area contributed by atoms with E-state index in [1.165, 1.54) is 22.3 Å². The first kappa shape index (κ1) is 15.2. The van der Waals surface area contributed by atoms with Crippen LogP contribution in [0.15, 0.2) is 54.9 Å². The maximum atomic E-state index is 4.54.